The summed E-state index contributed by atoms with van der Waals surface area (Å²) in [5, 5.41) is 3.47. The molecule has 0 amide bonds. The standard InChI is InChI=1S/C13H24N4/c1-5-12-9-17(10(2)3)13(15-12)16-7-6-14-11(4)8-16/h9-11,14H,5-8H2,1-4H3/t11-/m1/s1. The van der Waals surface area contributed by atoms with Crippen LogP contribution in [-0.2, 0) is 6.42 Å². The van der Waals surface area contributed by atoms with Gasteiger partial charge in [-0.3, -0.25) is 0 Å². The Hall–Kier alpha value is -1.03. The molecular formula is C13H24N4. The lowest BCUT2D eigenvalue weighted by atomic mass is 10.2. The molecule has 4 nitrogen and oxygen atoms in total. The van der Waals surface area contributed by atoms with Crippen LogP contribution < -0.4 is 10.2 Å². The predicted molar refractivity (Wildman–Crippen MR) is 71.7 cm³/mol. The molecule has 1 fully saturated rings. The Morgan fingerprint density at radius 2 is 2.29 bits per heavy atom. The molecule has 1 N–H and O–H groups in total. The molecule has 1 aliphatic heterocycles. The summed E-state index contributed by atoms with van der Waals surface area (Å²) in [6.07, 6.45) is 3.21. The van der Waals surface area contributed by atoms with Crippen molar-refractivity contribution in [3.63, 3.8) is 0 Å². The van der Waals surface area contributed by atoms with E-state index in [1.165, 1.54) is 5.69 Å². The lowest BCUT2D eigenvalue weighted by molar-refractivity contribution is 0.468. The number of rotatable bonds is 3. The molecule has 0 radical (unpaired) electrons. The highest BCUT2D eigenvalue weighted by Gasteiger charge is 2.21. The number of piperazine rings is 1. The van der Waals surface area contributed by atoms with E-state index in [0.717, 1.165) is 32.0 Å². The molecule has 17 heavy (non-hydrogen) atoms. The van der Waals surface area contributed by atoms with Crippen LogP contribution >= 0.6 is 0 Å². The van der Waals surface area contributed by atoms with E-state index in [1.54, 1.807) is 0 Å². The van der Waals surface area contributed by atoms with Gasteiger partial charge < -0.3 is 14.8 Å². The van der Waals surface area contributed by atoms with Crippen molar-refractivity contribution < 1.29 is 0 Å². The Labute approximate surface area is 104 Å². The van der Waals surface area contributed by atoms with Crippen molar-refractivity contribution in [2.75, 3.05) is 24.5 Å². The van der Waals surface area contributed by atoms with Crippen LogP contribution in [0.4, 0.5) is 5.95 Å². The summed E-state index contributed by atoms with van der Waals surface area (Å²) < 4.78 is 2.30. The molecule has 96 valence electrons. The lowest BCUT2D eigenvalue weighted by Gasteiger charge is -2.33. The van der Waals surface area contributed by atoms with E-state index in [0.29, 0.717) is 12.1 Å². The summed E-state index contributed by atoms with van der Waals surface area (Å²) in [7, 11) is 0. The maximum Gasteiger partial charge on any atom is 0.206 e. The van der Waals surface area contributed by atoms with Crippen molar-refractivity contribution in [1.82, 2.24) is 14.9 Å². The SMILES string of the molecule is CCc1cn(C(C)C)c(N2CCN[C@H](C)C2)n1. The van der Waals surface area contributed by atoms with Crippen LogP contribution in [0, 0.1) is 0 Å². The molecule has 2 rings (SSSR count). The minimum Gasteiger partial charge on any atom is -0.339 e. The second-order valence-electron chi connectivity index (χ2n) is 5.19. The Bertz CT molecular complexity index is 369. The van der Waals surface area contributed by atoms with Crippen molar-refractivity contribution in [2.45, 2.75) is 46.2 Å². The quantitative estimate of drug-likeness (QED) is 0.869. The fourth-order valence-electron chi connectivity index (χ4n) is 2.33. The van der Waals surface area contributed by atoms with Gasteiger partial charge in [-0.15, -0.1) is 0 Å². The van der Waals surface area contributed by atoms with Gasteiger partial charge in [0.25, 0.3) is 0 Å². The molecule has 1 aliphatic rings. The predicted octanol–water partition coefficient (Wildman–Crippen LogP) is 1.82. The van der Waals surface area contributed by atoms with Gasteiger partial charge in [0.05, 0.1) is 5.69 Å². The second kappa shape index (κ2) is 5.08. The van der Waals surface area contributed by atoms with E-state index < -0.39 is 0 Å². The van der Waals surface area contributed by atoms with Gasteiger partial charge in [0.15, 0.2) is 0 Å². The van der Waals surface area contributed by atoms with E-state index in [1.807, 2.05) is 0 Å². The number of hydrogen-bond donors (Lipinski definition) is 1. The first-order chi connectivity index (χ1) is 8.11. The van der Waals surface area contributed by atoms with Crippen LogP contribution in [-0.4, -0.2) is 35.2 Å². The number of nitrogens with zero attached hydrogens (tertiary/aromatic N) is 3. The van der Waals surface area contributed by atoms with Crippen molar-refractivity contribution in [1.29, 1.82) is 0 Å². The van der Waals surface area contributed by atoms with Crippen molar-refractivity contribution >= 4 is 5.95 Å². The van der Waals surface area contributed by atoms with Crippen LogP contribution in [0.15, 0.2) is 6.20 Å². The zero-order valence-electron chi connectivity index (χ0n) is 11.4. The van der Waals surface area contributed by atoms with E-state index in [4.69, 9.17) is 4.98 Å². The molecule has 2 heterocycles. The average Bonchev–Trinajstić information content (AvgIpc) is 2.73. The minimum absolute atomic E-state index is 0.475. The molecule has 0 aromatic carbocycles. The molecule has 1 atom stereocenters. The van der Waals surface area contributed by atoms with E-state index in [2.05, 4.69) is 48.7 Å². The first-order valence-corrected chi connectivity index (χ1v) is 6.68. The molecule has 0 spiro atoms. The minimum atomic E-state index is 0.475. The molecule has 0 bridgehead atoms. The average molecular weight is 236 g/mol. The highest BCUT2D eigenvalue weighted by molar-refractivity contribution is 5.35. The number of anilines is 1. The lowest BCUT2D eigenvalue weighted by Crippen LogP contribution is -2.50. The molecule has 1 aromatic rings. The summed E-state index contributed by atoms with van der Waals surface area (Å²) in [6.45, 7) is 12.0. The van der Waals surface area contributed by atoms with Gasteiger partial charge in [0.2, 0.25) is 5.95 Å². The van der Waals surface area contributed by atoms with Gasteiger partial charge in [0.1, 0.15) is 0 Å². The number of nitrogens with one attached hydrogen (secondary N) is 1. The second-order valence-corrected chi connectivity index (χ2v) is 5.19. The van der Waals surface area contributed by atoms with Crippen molar-refractivity contribution in [3.05, 3.63) is 11.9 Å². The van der Waals surface area contributed by atoms with Crippen LogP contribution in [0.25, 0.3) is 0 Å². The molecule has 0 saturated carbocycles. The normalized spacial score (nSPS) is 21.2. The van der Waals surface area contributed by atoms with E-state index in [9.17, 15) is 0 Å². The van der Waals surface area contributed by atoms with Crippen molar-refractivity contribution in [2.24, 2.45) is 0 Å². The maximum atomic E-state index is 4.77. The zero-order valence-corrected chi connectivity index (χ0v) is 11.4. The topological polar surface area (TPSA) is 33.1 Å². The summed E-state index contributed by atoms with van der Waals surface area (Å²) in [5.41, 5.74) is 1.19. The number of hydrogen-bond acceptors (Lipinski definition) is 3. The van der Waals surface area contributed by atoms with Gasteiger partial charge in [-0.1, -0.05) is 6.92 Å². The molecule has 4 heteroatoms. The fraction of sp³-hybridized carbons (Fsp3) is 0.769. The van der Waals surface area contributed by atoms with Crippen LogP contribution in [0.1, 0.15) is 39.4 Å². The summed E-state index contributed by atoms with van der Waals surface area (Å²) in [6, 6.07) is 1.02. The van der Waals surface area contributed by atoms with Crippen molar-refractivity contribution in [3.8, 4) is 0 Å². The van der Waals surface area contributed by atoms with Gasteiger partial charge in [-0.25, -0.2) is 4.98 Å². The number of imidazole rings is 1. The number of aryl methyl sites for hydroxylation is 1. The molecule has 1 aromatic heterocycles. The van der Waals surface area contributed by atoms with Crippen LogP contribution in [0.5, 0.6) is 0 Å². The summed E-state index contributed by atoms with van der Waals surface area (Å²) in [5.74, 6) is 1.14. The Kier molecular flexibility index (Phi) is 3.72. The van der Waals surface area contributed by atoms with Gasteiger partial charge in [-0.05, 0) is 27.2 Å². The van der Waals surface area contributed by atoms with Gasteiger partial charge >= 0.3 is 0 Å². The molecule has 0 aliphatic carbocycles. The summed E-state index contributed by atoms with van der Waals surface area (Å²) in [4.78, 5) is 7.17. The summed E-state index contributed by atoms with van der Waals surface area (Å²) >= 11 is 0. The fourth-order valence-corrected chi connectivity index (χ4v) is 2.33. The monoisotopic (exact) mass is 236 g/mol. The van der Waals surface area contributed by atoms with Crippen LogP contribution in [0.2, 0.25) is 0 Å². The molecular weight excluding hydrogens is 212 g/mol. The third-order valence-electron chi connectivity index (χ3n) is 3.33. The van der Waals surface area contributed by atoms with Crippen LogP contribution in [0.3, 0.4) is 0 Å². The first-order valence-electron chi connectivity index (χ1n) is 6.68. The van der Waals surface area contributed by atoms with E-state index >= 15 is 0 Å². The number of aromatic nitrogens is 2. The smallest absolute Gasteiger partial charge is 0.206 e. The molecule has 0 unspecified atom stereocenters. The molecule has 1 saturated heterocycles. The Morgan fingerprint density at radius 3 is 2.88 bits per heavy atom. The zero-order chi connectivity index (χ0) is 12.4. The highest BCUT2D eigenvalue weighted by Crippen LogP contribution is 2.21. The van der Waals surface area contributed by atoms with E-state index in [-0.39, 0.29) is 0 Å². The third kappa shape index (κ3) is 2.63. The largest absolute Gasteiger partial charge is 0.339 e. The third-order valence-corrected chi connectivity index (χ3v) is 3.33. The maximum absolute atomic E-state index is 4.77. The van der Waals surface area contributed by atoms with Gasteiger partial charge in [0, 0.05) is 37.9 Å². The highest BCUT2D eigenvalue weighted by atomic mass is 15.3. The first kappa shape index (κ1) is 12.4. The Morgan fingerprint density at radius 1 is 1.53 bits per heavy atom. The Balaban J connectivity index is 2.26. The van der Waals surface area contributed by atoms with Gasteiger partial charge in [-0.2, -0.15) is 0 Å².